The third-order valence-electron chi connectivity index (χ3n) is 5.18. The molecule has 0 unspecified atom stereocenters. The maximum atomic E-state index is 14.9. The number of methoxy groups -OCH3 is 1. The van der Waals surface area contributed by atoms with Crippen LogP contribution >= 0.6 is 12.4 Å². The van der Waals surface area contributed by atoms with Crippen molar-refractivity contribution in [3.05, 3.63) is 58.7 Å². The van der Waals surface area contributed by atoms with Gasteiger partial charge in [-0.2, -0.15) is 0 Å². The molecule has 0 aliphatic carbocycles. The van der Waals surface area contributed by atoms with Gasteiger partial charge < -0.3 is 15.8 Å². The third kappa shape index (κ3) is 6.74. The number of carbonyl (C=O) groups is 2. The SMILES string of the molecule is COC(=O)C[C@H](NC(=O)[C@@H](N)CC(C)C)c1cc(-c2c(C)cccc2C)cc(F)c1F.Cl. The van der Waals surface area contributed by atoms with E-state index in [9.17, 15) is 18.4 Å². The number of benzene rings is 2. The Bertz CT molecular complexity index is 946. The van der Waals surface area contributed by atoms with Crippen LogP contribution in [0.1, 0.15) is 49.4 Å². The average molecular weight is 469 g/mol. The topological polar surface area (TPSA) is 81.4 Å². The van der Waals surface area contributed by atoms with Crippen LogP contribution in [0.2, 0.25) is 0 Å². The zero-order valence-electron chi connectivity index (χ0n) is 19.0. The van der Waals surface area contributed by atoms with E-state index in [-0.39, 0.29) is 30.3 Å². The molecule has 0 aliphatic heterocycles. The summed E-state index contributed by atoms with van der Waals surface area (Å²) in [5.74, 6) is -3.23. The highest BCUT2D eigenvalue weighted by molar-refractivity contribution is 5.85. The van der Waals surface area contributed by atoms with Crippen LogP contribution in [-0.2, 0) is 14.3 Å². The van der Waals surface area contributed by atoms with Crippen molar-refractivity contribution in [3.8, 4) is 11.1 Å². The van der Waals surface area contributed by atoms with Crippen LogP contribution in [0.3, 0.4) is 0 Å². The molecular weight excluding hydrogens is 438 g/mol. The molecule has 2 aromatic carbocycles. The molecule has 0 bridgehead atoms. The van der Waals surface area contributed by atoms with E-state index in [1.807, 2.05) is 45.9 Å². The predicted molar refractivity (Wildman–Crippen MR) is 123 cm³/mol. The van der Waals surface area contributed by atoms with Gasteiger partial charge >= 0.3 is 5.97 Å². The number of ether oxygens (including phenoxy) is 1. The van der Waals surface area contributed by atoms with E-state index in [0.29, 0.717) is 12.0 Å². The predicted octanol–water partition coefficient (Wildman–Crippen LogP) is 4.76. The lowest BCUT2D eigenvalue weighted by molar-refractivity contribution is -0.141. The molecule has 2 rings (SSSR count). The van der Waals surface area contributed by atoms with Gasteiger partial charge in [0, 0.05) is 5.56 Å². The van der Waals surface area contributed by atoms with E-state index >= 15 is 0 Å². The molecule has 0 aromatic heterocycles. The third-order valence-corrected chi connectivity index (χ3v) is 5.18. The summed E-state index contributed by atoms with van der Waals surface area (Å²) in [5.41, 5.74) is 8.82. The number of rotatable bonds is 8. The maximum absolute atomic E-state index is 14.9. The van der Waals surface area contributed by atoms with Crippen LogP contribution in [0.15, 0.2) is 30.3 Å². The summed E-state index contributed by atoms with van der Waals surface area (Å²) < 4.78 is 34.2. The summed E-state index contributed by atoms with van der Waals surface area (Å²) in [4.78, 5) is 24.6. The van der Waals surface area contributed by atoms with Crippen molar-refractivity contribution in [1.82, 2.24) is 5.32 Å². The lowest BCUT2D eigenvalue weighted by Gasteiger charge is -2.23. The first kappa shape index (κ1) is 27.5. The molecule has 0 saturated carbocycles. The van der Waals surface area contributed by atoms with E-state index in [0.717, 1.165) is 22.8 Å². The van der Waals surface area contributed by atoms with Gasteiger partial charge in [-0.3, -0.25) is 9.59 Å². The van der Waals surface area contributed by atoms with Crippen molar-refractivity contribution < 1.29 is 23.1 Å². The molecule has 0 heterocycles. The molecule has 0 radical (unpaired) electrons. The fourth-order valence-corrected chi connectivity index (χ4v) is 3.66. The highest BCUT2D eigenvalue weighted by atomic mass is 35.5. The van der Waals surface area contributed by atoms with E-state index in [4.69, 9.17) is 10.5 Å². The number of carbonyl (C=O) groups excluding carboxylic acids is 2. The summed E-state index contributed by atoms with van der Waals surface area (Å²) in [6.07, 6.45) is 0.0548. The molecule has 3 N–H and O–H groups in total. The van der Waals surface area contributed by atoms with Gasteiger partial charge in [0.2, 0.25) is 5.91 Å². The van der Waals surface area contributed by atoms with Crippen molar-refractivity contribution in [2.45, 2.75) is 52.6 Å². The lowest BCUT2D eigenvalue weighted by Crippen LogP contribution is -2.43. The van der Waals surface area contributed by atoms with Crippen molar-refractivity contribution in [2.75, 3.05) is 7.11 Å². The number of hydrogen-bond donors (Lipinski definition) is 2. The Morgan fingerprint density at radius 2 is 1.72 bits per heavy atom. The standard InChI is InChI=1S/C24H30F2N2O3.ClH/c1-13(2)9-19(27)24(30)28-20(12-21(29)31-5)17-10-16(11-18(25)23(17)26)22-14(3)7-6-8-15(22)4;/h6-8,10-11,13,19-20H,9,12,27H2,1-5H3,(H,28,30);1H/t19-,20-;/m0./s1. The smallest absolute Gasteiger partial charge is 0.307 e. The van der Waals surface area contributed by atoms with Crippen molar-refractivity contribution in [3.63, 3.8) is 0 Å². The summed E-state index contributed by atoms with van der Waals surface area (Å²) in [7, 11) is 1.19. The summed E-state index contributed by atoms with van der Waals surface area (Å²) in [6.45, 7) is 7.59. The zero-order chi connectivity index (χ0) is 23.3. The fourth-order valence-electron chi connectivity index (χ4n) is 3.66. The van der Waals surface area contributed by atoms with Gasteiger partial charge in [0.25, 0.3) is 0 Å². The van der Waals surface area contributed by atoms with Gasteiger partial charge in [-0.05, 0) is 60.6 Å². The van der Waals surface area contributed by atoms with E-state index in [2.05, 4.69) is 5.32 Å². The number of nitrogens with two attached hydrogens (primary N) is 1. The normalized spacial score (nSPS) is 12.7. The second-order valence-electron chi connectivity index (χ2n) is 8.21. The molecule has 5 nitrogen and oxygen atoms in total. The Morgan fingerprint density at radius 3 is 2.25 bits per heavy atom. The summed E-state index contributed by atoms with van der Waals surface area (Å²) in [5, 5.41) is 2.61. The minimum atomic E-state index is -1.13. The van der Waals surface area contributed by atoms with Crippen LogP contribution in [0.4, 0.5) is 8.78 Å². The Morgan fingerprint density at radius 1 is 1.12 bits per heavy atom. The van der Waals surface area contributed by atoms with Crippen LogP contribution < -0.4 is 11.1 Å². The number of hydrogen-bond acceptors (Lipinski definition) is 4. The quantitative estimate of drug-likeness (QED) is 0.547. The lowest BCUT2D eigenvalue weighted by atomic mass is 9.92. The molecular formula is C24H31ClF2N2O3. The highest BCUT2D eigenvalue weighted by Crippen LogP contribution is 2.33. The molecule has 176 valence electrons. The fraction of sp³-hybridized carbons (Fsp3) is 0.417. The Labute approximate surface area is 194 Å². The number of aryl methyl sites for hydroxylation is 2. The molecule has 2 atom stereocenters. The van der Waals surface area contributed by atoms with Gasteiger partial charge in [-0.25, -0.2) is 8.78 Å². The zero-order valence-corrected chi connectivity index (χ0v) is 19.8. The molecule has 32 heavy (non-hydrogen) atoms. The second-order valence-corrected chi connectivity index (χ2v) is 8.21. The molecule has 0 aliphatic rings. The van der Waals surface area contributed by atoms with Gasteiger partial charge in [-0.1, -0.05) is 32.0 Å². The maximum Gasteiger partial charge on any atom is 0.307 e. The average Bonchev–Trinajstić information content (AvgIpc) is 2.69. The van der Waals surface area contributed by atoms with Crippen LogP contribution in [-0.4, -0.2) is 25.0 Å². The van der Waals surface area contributed by atoms with Crippen molar-refractivity contribution in [1.29, 1.82) is 0 Å². The monoisotopic (exact) mass is 468 g/mol. The van der Waals surface area contributed by atoms with Gasteiger partial charge in [-0.15, -0.1) is 12.4 Å². The number of nitrogens with one attached hydrogen (secondary N) is 1. The van der Waals surface area contributed by atoms with E-state index in [1.54, 1.807) is 0 Å². The second kappa shape index (κ2) is 11.9. The molecule has 1 amide bonds. The molecule has 0 spiro atoms. The van der Waals surface area contributed by atoms with Crippen molar-refractivity contribution in [2.24, 2.45) is 11.7 Å². The number of halogens is 3. The van der Waals surface area contributed by atoms with Crippen molar-refractivity contribution >= 4 is 24.3 Å². The minimum Gasteiger partial charge on any atom is -0.469 e. The number of esters is 1. The summed E-state index contributed by atoms with van der Waals surface area (Å²) >= 11 is 0. The minimum absolute atomic E-state index is 0. The van der Waals surface area contributed by atoms with Crippen LogP contribution in [0, 0.1) is 31.4 Å². The van der Waals surface area contributed by atoms with E-state index in [1.165, 1.54) is 13.2 Å². The summed E-state index contributed by atoms with van der Waals surface area (Å²) in [6, 6.07) is 6.26. The highest BCUT2D eigenvalue weighted by Gasteiger charge is 2.27. The van der Waals surface area contributed by atoms with Gasteiger partial charge in [0.05, 0.1) is 25.6 Å². The van der Waals surface area contributed by atoms with Gasteiger partial charge in [0.1, 0.15) is 0 Å². The largest absolute Gasteiger partial charge is 0.469 e. The van der Waals surface area contributed by atoms with Gasteiger partial charge in [0.15, 0.2) is 11.6 Å². The molecule has 8 heteroatoms. The molecule has 0 saturated heterocycles. The van der Waals surface area contributed by atoms with Crippen LogP contribution in [0.5, 0.6) is 0 Å². The van der Waals surface area contributed by atoms with Crippen LogP contribution in [0.25, 0.3) is 11.1 Å². The first-order valence-corrected chi connectivity index (χ1v) is 10.2. The molecule has 2 aromatic rings. The first-order chi connectivity index (χ1) is 14.5. The Balaban J connectivity index is 0.00000512. The molecule has 0 fully saturated rings. The Hall–Kier alpha value is -2.51. The Kier molecular flexibility index (Phi) is 10.3. The number of amides is 1. The first-order valence-electron chi connectivity index (χ1n) is 10.2. The van der Waals surface area contributed by atoms with E-state index < -0.39 is 35.6 Å².